The molecule has 0 N–H and O–H groups in total. The van der Waals surface area contributed by atoms with E-state index >= 15 is 0 Å². The molecule has 0 aliphatic rings. The summed E-state index contributed by atoms with van der Waals surface area (Å²) in [7, 11) is 0. The molecular weight excluding hydrogens is 597 g/mol. The minimum Gasteiger partial charge on any atom is -0.456 e. The molecule has 0 saturated carbocycles. The first kappa shape index (κ1) is 27.5. The van der Waals surface area contributed by atoms with Crippen LogP contribution < -0.4 is 4.90 Å². The highest BCUT2D eigenvalue weighted by atomic mass is 16.3. The molecule has 0 fully saturated rings. The first-order valence-corrected chi connectivity index (χ1v) is 16.7. The van der Waals surface area contributed by atoms with Crippen molar-refractivity contribution in [2.75, 3.05) is 4.90 Å². The van der Waals surface area contributed by atoms with Crippen molar-refractivity contribution < 1.29 is 4.42 Å². The topological polar surface area (TPSA) is 21.3 Å². The Labute approximate surface area is 283 Å². The van der Waals surface area contributed by atoms with E-state index in [0.717, 1.165) is 39.0 Å². The van der Waals surface area contributed by atoms with E-state index in [-0.39, 0.29) is 0 Å². The molecule has 8 aromatic carbocycles. The van der Waals surface area contributed by atoms with Crippen LogP contribution in [0.3, 0.4) is 0 Å². The average Bonchev–Trinajstić information content (AvgIpc) is 3.70. The molecule has 2 aromatic heterocycles. The maximum Gasteiger partial charge on any atom is 0.135 e. The summed E-state index contributed by atoms with van der Waals surface area (Å²) < 4.78 is 8.56. The van der Waals surface area contributed by atoms with E-state index in [1.165, 1.54) is 49.4 Å². The van der Waals surface area contributed by atoms with Crippen LogP contribution in [-0.4, -0.2) is 4.57 Å². The number of furan rings is 1. The smallest absolute Gasteiger partial charge is 0.135 e. The van der Waals surface area contributed by atoms with Crippen LogP contribution in [0.15, 0.2) is 186 Å². The van der Waals surface area contributed by atoms with Gasteiger partial charge in [-0.25, -0.2) is 0 Å². The van der Waals surface area contributed by atoms with Gasteiger partial charge in [-0.05, 0) is 89.3 Å². The van der Waals surface area contributed by atoms with Gasteiger partial charge in [-0.15, -0.1) is 0 Å². The van der Waals surface area contributed by atoms with E-state index in [1.807, 2.05) is 12.1 Å². The fraction of sp³-hybridized carbons (Fsp3) is 0. The van der Waals surface area contributed by atoms with Crippen molar-refractivity contribution >= 4 is 71.6 Å². The van der Waals surface area contributed by atoms with Gasteiger partial charge in [0.1, 0.15) is 11.2 Å². The van der Waals surface area contributed by atoms with Crippen molar-refractivity contribution in [2.45, 2.75) is 0 Å². The Morgan fingerprint density at radius 3 is 1.88 bits per heavy atom. The highest BCUT2D eigenvalue weighted by molar-refractivity contribution is 6.12. The molecule has 10 aromatic rings. The fourth-order valence-corrected chi connectivity index (χ4v) is 7.50. The van der Waals surface area contributed by atoms with Crippen LogP contribution in [0.2, 0.25) is 0 Å². The molecule has 230 valence electrons. The van der Waals surface area contributed by atoms with Crippen LogP contribution >= 0.6 is 0 Å². The normalized spacial score (nSPS) is 11.7. The lowest BCUT2D eigenvalue weighted by molar-refractivity contribution is 0.669. The van der Waals surface area contributed by atoms with Gasteiger partial charge in [-0.2, -0.15) is 0 Å². The van der Waals surface area contributed by atoms with Gasteiger partial charge in [0.05, 0.1) is 16.7 Å². The Morgan fingerprint density at radius 2 is 1.00 bits per heavy atom. The summed E-state index contributed by atoms with van der Waals surface area (Å²) in [6, 6.07) is 65.0. The van der Waals surface area contributed by atoms with Crippen molar-refractivity contribution in [3.05, 3.63) is 182 Å². The molecule has 0 spiro atoms. The van der Waals surface area contributed by atoms with Crippen LogP contribution in [0.5, 0.6) is 0 Å². The van der Waals surface area contributed by atoms with Crippen LogP contribution in [0.1, 0.15) is 0 Å². The van der Waals surface area contributed by atoms with Gasteiger partial charge in [-0.3, -0.25) is 0 Å². The number of fused-ring (bicyclic) bond motifs is 7. The quantitative estimate of drug-likeness (QED) is 0.190. The predicted octanol–water partition coefficient (Wildman–Crippen LogP) is 13.0. The molecule has 0 aliphatic carbocycles. The maximum absolute atomic E-state index is 6.15. The molecule has 10 rings (SSSR count). The van der Waals surface area contributed by atoms with Gasteiger partial charge in [0.2, 0.25) is 0 Å². The second-order valence-electron chi connectivity index (χ2n) is 12.6. The van der Waals surface area contributed by atoms with Crippen molar-refractivity contribution in [2.24, 2.45) is 0 Å². The molecule has 0 unspecified atom stereocenters. The molecular formula is C46H30N2O. The summed E-state index contributed by atoms with van der Waals surface area (Å²) in [5.41, 5.74) is 11.1. The number of benzene rings is 8. The average molecular weight is 627 g/mol. The second kappa shape index (κ2) is 11.0. The highest BCUT2D eigenvalue weighted by Gasteiger charge is 2.17. The lowest BCUT2D eigenvalue weighted by Gasteiger charge is -2.25. The molecule has 0 atom stereocenters. The minimum atomic E-state index is 0.894. The van der Waals surface area contributed by atoms with Crippen LogP contribution in [0, 0.1) is 0 Å². The van der Waals surface area contributed by atoms with Crippen molar-refractivity contribution in [1.29, 1.82) is 0 Å². The zero-order chi connectivity index (χ0) is 32.3. The molecule has 2 heterocycles. The fourth-order valence-electron chi connectivity index (χ4n) is 7.50. The van der Waals surface area contributed by atoms with Crippen molar-refractivity contribution in [3.63, 3.8) is 0 Å². The van der Waals surface area contributed by atoms with Gasteiger partial charge in [0, 0.05) is 44.0 Å². The lowest BCUT2D eigenvalue weighted by Crippen LogP contribution is -2.09. The molecule has 0 saturated heterocycles. The van der Waals surface area contributed by atoms with E-state index < -0.39 is 0 Å². The molecule has 0 amide bonds. The molecule has 3 nitrogen and oxygen atoms in total. The highest BCUT2D eigenvalue weighted by Crippen LogP contribution is 2.40. The Balaban J connectivity index is 1.08. The second-order valence-corrected chi connectivity index (χ2v) is 12.6. The SMILES string of the molecule is c1ccc(N(c2ccc(-c3ccc4c(c3)c3ccccc3n4-c3cccc4ccccc34)cc2)c2ccc3oc4ccccc4c3c2)cc1. The molecule has 0 bridgehead atoms. The van der Waals surface area contributed by atoms with Gasteiger partial charge >= 0.3 is 0 Å². The Morgan fingerprint density at radius 1 is 0.367 bits per heavy atom. The lowest BCUT2D eigenvalue weighted by atomic mass is 10.0. The number of aromatic nitrogens is 1. The third-order valence-electron chi connectivity index (χ3n) is 9.77. The summed E-state index contributed by atoms with van der Waals surface area (Å²) >= 11 is 0. The predicted molar refractivity (Wildman–Crippen MR) is 206 cm³/mol. The van der Waals surface area contributed by atoms with Gasteiger partial charge in [0.25, 0.3) is 0 Å². The van der Waals surface area contributed by atoms with Crippen LogP contribution in [0.25, 0.3) is 71.3 Å². The van der Waals surface area contributed by atoms with E-state index in [9.17, 15) is 0 Å². The molecule has 0 aliphatic heterocycles. The minimum absolute atomic E-state index is 0.894. The van der Waals surface area contributed by atoms with Gasteiger partial charge < -0.3 is 13.9 Å². The summed E-state index contributed by atoms with van der Waals surface area (Å²) in [5, 5.41) is 7.22. The Bertz CT molecular complexity index is 2820. The van der Waals surface area contributed by atoms with Gasteiger partial charge in [0.15, 0.2) is 0 Å². The van der Waals surface area contributed by atoms with Crippen LogP contribution in [-0.2, 0) is 0 Å². The number of para-hydroxylation sites is 3. The summed E-state index contributed by atoms with van der Waals surface area (Å²) in [6.45, 7) is 0. The number of anilines is 3. The van der Waals surface area contributed by atoms with E-state index in [2.05, 4.69) is 179 Å². The molecule has 3 heteroatoms. The van der Waals surface area contributed by atoms with E-state index in [4.69, 9.17) is 4.42 Å². The van der Waals surface area contributed by atoms with E-state index in [1.54, 1.807) is 0 Å². The van der Waals surface area contributed by atoms with E-state index in [0.29, 0.717) is 0 Å². The summed E-state index contributed by atoms with van der Waals surface area (Å²) in [5.74, 6) is 0. The first-order valence-electron chi connectivity index (χ1n) is 16.7. The summed E-state index contributed by atoms with van der Waals surface area (Å²) in [4.78, 5) is 2.31. The number of rotatable bonds is 5. The zero-order valence-corrected chi connectivity index (χ0v) is 26.6. The largest absolute Gasteiger partial charge is 0.456 e. The third-order valence-corrected chi connectivity index (χ3v) is 9.77. The number of nitrogens with zero attached hydrogens (tertiary/aromatic N) is 2. The number of hydrogen-bond acceptors (Lipinski definition) is 2. The van der Waals surface area contributed by atoms with Gasteiger partial charge in [-0.1, -0.05) is 109 Å². The molecule has 0 radical (unpaired) electrons. The van der Waals surface area contributed by atoms with Crippen LogP contribution in [0.4, 0.5) is 17.1 Å². The van der Waals surface area contributed by atoms with Crippen molar-refractivity contribution in [3.8, 4) is 16.8 Å². The third kappa shape index (κ3) is 4.44. The zero-order valence-electron chi connectivity index (χ0n) is 26.6. The Kier molecular flexibility index (Phi) is 6.18. The number of hydrogen-bond donors (Lipinski definition) is 0. The maximum atomic E-state index is 6.15. The molecule has 49 heavy (non-hydrogen) atoms. The van der Waals surface area contributed by atoms with Crippen molar-refractivity contribution in [1.82, 2.24) is 4.57 Å². The summed E-state index contributed by atoms with van der Waals surface area (Å²) in [6.07, 6.45) is 0. The first-order chi connectivity index (χ1) is 24.3. The monoisotopic (exact) mass is 626 g/mol. The Hall–Kier alpha value is -6.58. The standard InChI is InChI=1S/C46H30N2O/c1-2-13-34(14-3-1)47(36-26-28-46-41(30-36)39-17-7-9-20-45(39)49-46)35-24-21-31(22-25-35)33-23-27-44-40(29-33)38-16-6-8-18-43(38)48(44)42-19-10-12-32-11-4-5-15-37(32)42/h1-30H.